The van der Waals surface area contributed by atoms with E-state index in [-0.39, 0.29) is 6.09 Å². The topological polar surface area (TPSA) is 51.2 Å². The summed E-state index contributed by atoms with van der Waals surface area (Å²) in [5, 5.41) is 0. The van der Waals surface area contributed by atoms with E-state index in [4.69, 9.17) is 14.2 Å². The third-order valence-corrected chi connectivity index (χ3v) is 4.59. The smallest absolute Gasteiger partial charge is 0.410 e. The van der Waals surface area contributed by atoms with Crippen LogP contribution in [0.4, 0.5) is 4.79 Å². The van der Waals surface area contributed by atoms with Crippen molar-refractivity contribution in [3.05, 3.63) is 23.8 Å². The van der Waals surface area contributed by atoms with Crippen molar-refractivity contribution >= 4 is 6.09 Å². The number of methoxy groups -OCH3 is 2. The first-order chi connectivity index (χ1) is 12.2. The predicted octanol–water partition coefficient (Wildman–Crippen LogP) is 3.54. The maximum atomic E-state index is 12.4. The van der Waals surface area contributed by atoms with E-state index in [2.05, 4.69) is 11.9 Å². The SMILES string of the molecule is COc1ccc(CN(C)[C@@H]2CCCN(C(=O)OC(C)(C)C)C2)c(OC)c1. The van der Waals surface area contributed by atoms with Gasteiger partial charge in [0.2, 0.25) is 0 Å². The van der Waals surface area contributed by atoms with Crippen molar-refractivity contribution in [1.29, 1.82) is 0 Å². The molecule has 1 saturated heterocycles. The number of carbonyl (C=O) groups excluding carboxylic acids is 1. The van der Waals surface area contributed by atoms with E-state index in [1.807, 2.05) is 43.9 Å². The van der Waals surface area contributed by atoms with Crippen LogP contribution >= 0.6 is 0 Å². The van der Waals surface area contributed by atoms with Crippen LogP contribution in [0.5, 0.6) is 11.5 Å². The summed E-state index contributed by atoms with van der Waals surface area (Å²) in [6.45, 7) is 7.88. The first-order valence-corrected chi connectivity index (χ1v) is 9.12. The Labute approximate surface area is 157 Å². The monoisotopic (exact) mass is 364 g/mol. The summed E-state index contributed by atoms with van der Waals surface area (Å²) in [7, 11) is 5.41. The molecule has 0 radical (unpaired) electrons. The molecule has 26 heavy (non-hydrogen) atoms. The molecule has 0 aromatic heterocycles. The highest BCUT2D eigenvalue weighted by Crippen LogP contribution is 2.27. The van der Waals surface area contributed by atoms with Gasteiger partial charge in [-0.3, -0.25) is 4.90 Å². The van der Waals surface area contributed by atoms with E-state index in [1.165, 1.54) is 0 Å². The molecule has 6 nitrogen and oxygen atoms in total. The number of amides is 1. The average Bonchev–Trinajstić information content (AvgIpc) is 2.60. The summed E-state index contributed by atoms with van der Waals surface area (Å²) in [6.07, 6.45) is 1.82. The van der Waals surface area contributed by atoms with Gasteiger partial charge in [0.15, 0.2) is 0 Å². The van der Waals surface area contributed by atoms with Crippen molar-refractivity contribution in [1.82, 2.24) is 9.80 Å². The fourth-order valence-electron chi connectivity index (χ4n) is 3.19. The second-order valence-electron chi connectivity index (χ2n) is 7.82. The maximum Gasteiger partial charge on any atom is 0.410 e. The molecule has 1 fully saturated rings. The minimum atomic E-state index is -0.466. The number of likely N-dealkylation sites (tertiary alicyclic amines) is 1. The number of benzene rings is 1. The third-order valence-electron chi connectivity index (χ3n) is 4.59. The lowest BCUT2D eigenvalue weighted by Gasteiger charge is -2.38. The lowest BCUT2D eigenvalue weighted by atomic mass is 10.0. The standard InChI is InChI=1S/C20H32N2O4/c1-20(2,3)26-19(23)22-11-7-8-16(14-22)21(4)13-15-9-10-17(24-5)12-18(15)25-6/h9-10,12,16H,7-8,11,13-14H2,1-6H3/t16-/m1/s1. The van der Waals surface area contributed by atoms with E-state index in [0.717, 1.165) is 43.0 Å². The number of piperidine rings is 1. The molecule has 1 atom stereocenters. The molecule has 1 heterocycles. The first-order valence-electron chi connectivity index (χ1n) is 9.12. The Bertz CT molecular complexity index is 612. The highest BCUT2D eigenvalue weighted by atomic mass is 16.6. The van der Waals surface area contributed by atoms with E-state index in [9.17, 15) is 4.79 Å². The number of rotatable bonds is 5. The Hall–Kier alpha value is -1.95. The summed E-state index contributed by atoms with van der Waals surface area (Å²) >= 11 is 0. The van der Waals surface area contributed by atoms with Crippen LogP contribution in [0.25, 0.3) is 0 Å². The van der Waals surface area contributed by atoms with Crippen molar-refractivity contribution in [2.45, 2.75) is 51.8 Å². The van der Waals surface area contributed by atoms with Crippen LogP contribution in [0.3, 0.4) is 0 Å². The third kappa shape index (κ3) is 5.53. The minimum Gasteiger partial charge on any atom is -0.497 e. The minimum absolute atomic E-state index is 0.224. The highest BCUT2D eigenvalue weighted by Gasteiger charge is 2.29. The summed E-state index contributed by atoms with van der Waals surface area (Å²) in [4.78, 5) is 16.5. The summed E-state index contributed by atoms with van der Waals surface area (Å²) in [5.74, 6) is 1.60. The van der Waals surface area contributed by atoms with Gasteiger partial charge in [-0.15, -0.1) is 0 Å². The van der Waals surface area contributed by atoms with E-state index < -0.39 is 5.60 Å². The molecule has 1 amide bonds. The summed E-state index contributed by atoms with van der Waals surface area (Å²) < 4.78 is 16.3. The molecule has 0 bridgehead atoms. The predicted molar refractivity (Wildman–Crippen MR) is 102 cm³/mol. The molecule has 2 rings (SSSR count). The molecule has 1 aliphatic heterocycles. The van der Waals surface area contributed by atoms with Crippen molar-refractivity contribution in [2.24, 2.45) is 0 Å². The Morgan fingerprint density at radius 3 is 2.62 bits per heavy atom. The molecule has 0 N–H and O–H groups in total. The zero-order valence-electron chi connectivity index (χ0n) is 16.9. The number of likely N-dealkylation sites (N-methyl/N-ethyl adjacent to an activating group) is 1. The maximum absolute atomic E-state index is 12.4. The zero-order valence-corrected chi connectivity index (χ0v) is 16.9. The van der Waals surface area contributed by atoms with E-state index in [1.54, 1.807) is 14.2 Å². The lowest BCUT2D eigenvalue weighted by molar-refractivity contribution is 0.0120. The normalized spacial score (nSPS) is 18.0. The lowest BCUT2D eigenvalue weighted by Crippen LogP contribution is -2.49. The van der Waals surface area contributed by atoms with Crippen molar-refractivity contribution < 1.29 is 19.0 Å². The van der Waals surface area contributed by atoms with E-state index in [0.29, 0.717) is 12.6 Å². The van der Waals surface area contributed by atoms with Gasteiger partial charge in [0, 0.05) is 37.3 Å². The van der Waals surface area contributed by atoms with Gasteiger partial charge in [-0.1, -0.05) is 6.07 Å². The van der Waals surface area contributed by atoms with Gasteiger partial charge in [0.25, 0.3) is 0 Å². The van der Waals surface area contributed by atoms with Crippen molar-refractivity contribution in [3.8, 4) is 11.5 Å². The van der Waals surface area contributed by atoms with E-state index >= 15 is 0 Å². The molecule has 1 aliphatic rings. The number of ether oxygens (including phenoxy) is 3. The molecule has 146 valence electrons. The van der Waals surface area contributed by atoms with Crippen LogP contribution in [0.15, 0.2) is 18.2 Å². The molecule has 1 aromatic carbocycles. The second-order valence-corrected chi connectivity index (χ2v) is 7.82. The van der Waals surface area contributed by atoms with Gasteiger partial charge in [-0.25, -0.2) is 4.79 Å². The Balaban J connectivity index is 2.01. The Morgan fingerprint density at radius 1 is 1.27 bits per heavy atom. The average molecular weight is 364 g/mol. The fraction of sp³-hybridized carbons (Fsp3) is 0.650. The second kappa shape index (κ2) is 8.62. The van der Waals surface area contributed by atoms with Gasteiger partial charge in [0.1, 0.15) is 17.1 Å². The molecule has 1 aromatic rings. The molecular formula is C20H32N2O4. The zero-order chi connectivity index (χ0) is 19.3. The molecule has 0 unspecified atom stereocenters. The van der Waals surface area contributed by atoms with Gasteiger partial charge in [-0.2, -0.15) is 0 Å². The molecule has 0 spiro atoms. The van der Waals surface area contributed by atoms with Crippen LogP contribution in [0.1, 0.15) is 39.2 Å². The quantitative estimate of drug-likeness (QED) is 0.800. The van der Waals surface area contributed by atoms with Crippen LogP contribution in [0, 0.1) is 0 Å². The number of nitrogens with zero attached hydrogens (tertiary/aromatic N) is 2. The summed E-state index contributed by atoms with van der Waals surface area (Å²) in [6, 6.07) is 6.17. The van der Waals surface area contributed by atoms with Gasteiger partial charge in [-0.05, 0) is 46.7 Å². The first kappa shape index (κ1) is 20.4. The molecule has 0 saturated carbocycles. The summed E-state index contributed by atoms with van der Waals surface area (Å²) in [5.41, 5.74) is 0.636. The van der Waals surface area contributed by atoms with Gasteiger partial charge < -0.3 is 19.1 Å². The van der Waals surface area contributed by atoms with Crippen LogP contribution in [-0.4, -0.2) is 61.9 Å². The number of carbonyl (C=O) groups is 1. The number of hydrogen-bond donors (Lipinski definition) is 0. The fourth-order valence-corrected chi connectivity index (χ4v) is 3.19. The van der Waals surface area contributed by atoms with Gasteiger partial charge >= 0.3 is 6.09 Å². The molecular weight excluding hydrogens is 332 g/mol. The largest absolute Gasteiger partial charge is 0.497 e. The van der Waals surface area contributed by atoms with Gasteiger partial charge in [0.05, 0.1) is 14.2 Å². The molecule has 6 heteroatoms. The van der Waals surface area contributed by atoms with Crippen LogP contribution in [-0.2, 0) is 11.3 Å². The number of hydrogen-bond acceptors (Lipinski definition) is 5. The van der Waals surface area contributed by atoms with Crippen molar-refractivity contribution in [3.63, 3.8) is 0 Å². The van der Waals surface area contributed by atoms with Crippen LogP contribution in [0.2, 0.25) is 0 Å². The Morgan fingerprint density at radius 2 is 2.00 bits per heavy atom. The molecule has 0 aliphatic carbocycles. The Kier molecular flexibility index (Phi) is 6.75. The highest BCUT2D eigenvalue weighted by molar-refractivity contribution is 5.68. The van der Waals surface area contributed by atoms with Crippen LogP contribution < -0.4 is 9.47 Å². The van der Waals surface area contributed by atoms with Crippen molar-refractivity contribution in [2.75, 3.05) is 34.4 Å².